The third kappa shape index (κ3) is 5.66. The Morgan fingerprint density at radius 2 is 1.80 bits per heavy atom. The Morgan fingerprint density at radius 1 is 1.16 bits per heavy atom. The van der Waals surface area contributed by atoms with Gasteiger partial charge < -0.3 is 15.4 Å². The van der Waals surface area contributed by atoms with Gasteiger partial charge in [0, 0.05) is 47.8 Å². The smallest absolute Gasteiger partial charge is 0.300 e. The van der Waals surface area contributed by atoms with Gasteiger partial charge in [-0.05, 0) is 18.6 Å². The van der Waals surface area contributed by atoms with Crippen molar-refractivity contribution in [3.8, 4) is 0 Å². The minimum atomic E-state index is -0.833. The van der Waals surface area contributed by atoms with E-state index in [-0.39, 0.29) is 0 Å². The Kier molecular flexibility index (Phi) is 7.10. The number of rotatable bonds is 5. The number of para-hydroxylation sites is 1. The van der Waals surface area contributed by atoms with Crippen molar-refractivity contribution in [1.29, 1.82) is 0 Å². The van der Waals surface area contributed by atoms with Crippen LogP contribution in [0.5, 0.6) is 0 Å². The molecule has 1 aromatic heterocycles. The van der Waals surface area contributed by atoms with Gasteiger partial charge in [0.25, 0.3) is 5.97 Å². The highest BCUT2D eigenvalue weighted by Gasteiger charge is 2.08. The zero-order chi connectivity index (χ0) is 18.2. The van der Waals surface area contributed by atoms with Crippen LogP contribution in [0.3, 0.4) is 0 Å². The first-order valence-electron chi connectivity index (χ1n) is 8.17. The first kappa shape index (κ1) is 19.1. The number of hydrogen-bond acceptors (Lipinski definition) is 3. The zero-order valence-corrected chi connectivity index (χ0v) is 15.4. The number of nitrogens with two attached hydrogens (primary N) is 1. The van der Waals surface area contributed by atoms with Gasteiger partial charge in [0.15, 0.2) is 0 Å². The number of thioether (sulfide) groups is 1. The summed E-state index contributed by atoms with van der Waals surface area (Å²) in [6.45, 7) is 4.82. The standard InChI is InChI=1S/C18H20N2S.C2H4O2/c1-14-6-8-15(9-7-14)12-20-13-18(21-11-10-19)16-4-2-3-5-17(16)20;1-2(3)4/h2-9,13H,10-12,19H2,1H3;1H3,(H,3,4). The van der Waals surface area contributed by atoms with Crippen molar-refractivity contribution in [3.63, 3.8) is 0 Å². The maximum absolute atomic E-state index is 9.00. The number of carboxylic acid groups (broad SMARTS) is 1. The van der Waals surface area contributed by atoms with E-state index in [0.29, 0.717) is 6.54 Å². The summed E-state index contributed by atoms with van der Waals surface area (Å²) in [6.07, 6.45) is 2.25. The Morgan fingerprint density at radius 3 is 2.44 bits per heavy atom. The molecule has 5 heteroatoms. The summed E-state index contributed by atoms with van der Waals surface area (Å²) in [5.41, 5.74) is 9.56. The maximum Gasteiger partial charge on any atom is 0.300 e. The van der Waals surface area contributed by atoms with Gasteiger partial charge in [0.2, 0.25) is 0 Å². The molecule has 0 aliphatic heterocycles. The average molecular weight is 356 g/mol. The van der Waals surface area contributed by atoms with Crippen LogP contribution in [0.1, 0.15) is 18.1 Å². The Hall–Kier alpha value is -2.24. The summed E-state index contributed by atoms with van der Waals surface area (Å²) < 4.78 is 2.33. The molecule has 0 spiro atoms. The first-order chi connectivity index (χ1) is 12.0. The van der Waals surface area contributed by atoms with E-state index in [4.69, 9.17) is 15.6 Å². The molecule has 132 valence electrons. The van der Waals surface area contributed by atoms with Crippen molar-refractivity contribution in [2.24, 2.45) is 5.73 Å². The van der Waals surface area contributed by atoms with Crippen LogP contribution in [-0.2, 0) is 11.3 Å². The minimum Gasteiger partial charge on any atom is -0.481 e. The Bertz CT molecular complexity index is 821. The second kappa shape index (κ2) is 9.30. The number of aliphatic carboxylic acids is 1. The van der Waals surface area contributed by atoms with E-state index in [1.165, 1.54) is 26.9 Å². The molecular formula is C20H24N2O2S. The number of fused-ring (bicyclic) bond motifs is 1. The summed E-state index contributed by atoms with van der Waals surface area (Å²) >= 11 is 1.84. The lowest BCUT2D eigenvalue weighted by atomic mass is 10.1. The van der Waals surface area contributed by atoms with Crippen molar-refractivity contribution < 1.29 is 9.90 Å². The van der Waals surface area contributed by atoms with E-state index in [9.17, 15) is 0 Å². The van der Waals surface area contributed by atoms with Gasteiger partial charge in [-0.1, -0.05) is 48.0 Å². The molecule has 0 aliphatic carbocycles. The van der Waals surface area contributed by atoms with Gasteiger partial charge in [-0.2, -0.15) is 0 Å². The fourth-order valence-electron chi connectivity index (χ4n) is 2.52. The lowest BCUT2D eigenvalue weighted by Crippen LogP contribution is -2.00. The molecule has 3 N–H and O–H groups in total. The maximum atomic E-state index is 9.00. The van der Waals surface area contributed by atoms with Crippen LogP contribution in [-0.4, -0.2) is 27.9 Å². The van der Waals surface area contributed by atoms with Gasteiger partial charge in [0.1, 0.15) is 0 Å². The summed E-state index contributed by atoms with van der Waals surface area (Å²) in [5.74, 6) is 0.124. The molecule has 0 unspecified atom stereocenters. The van der Waals surface area contributed by atoms with Crippen LogP contribution in [0.2, 0.25) is 0 Å². The SMILES string of the molecule is CC(=O)O.Cc1ccc(Cn2cc(SCCN)c3ccccc32)cc1. The minimum absolute atomic E-state index is 0.710. The quantitative estimate of drug-likeness (QED) is 0.674. The monoisotopic (exact) mass is 356 g/mol. The van der Waals surface area contributed by atoms with Gasteiger partial charge in [0.05, 0.1) is 0 Å². The number of hydrogen-bond donors (Lipinski definition) is 2. The summed E-state index contributed by atoms with van der Waals surface area (Å²) in [5, 5.41) is 8.74. The van der Waals surface area contributed by atoms with E-state index < -0.39 is 5.97 Å². The van der Waals surface area contributed by atoms with Gasteiger partial charge in [-0.15, -0.1) is 11.8 Å². The Balaban J connectivity index is 0.000000511. The third-order valence-electron chi connectivity index (χ3n) is 3.60. The largest absolute Gasteiger partial charge is 0.481 e. The van der Waals surface area contributed by atoms with E-state index in [1.54, 1.807) is 0 Å². The van der Waals surface area contributed by atoms with Crippen LogP contribution < -0.4 is 5.73 Å². The van der Waals surface area contributed by atoms with E-state index in [1.807, 2.05) is 11.8 Å². The summed E-state index contributed by atoms with van der Waals surface area (Å²) in [6, 6.07) is 17.3. The molecule has 3 rings (SSSR count). The van der Waals surface area contributed by atoms with Gasteiger partial charge in [-0.3, -0.25) is 4.79 Å². The molecule has 0 aliphatic rings. The number of nitrogens with zero attached hydrogens (tertiary/aromatic N) is 1. The van der Waals surface area contributed by atoms with Gasteiger partial charge in [-0.25, -0.2) is 0 Å². The second-order valence-corrected chi connectivity index (χ2v) is 6.92. The lowest BCUT2D eigenvalue weighted by molar-refractivity contribution is -0.134. The molecule has 0 fully saturated rings. The number of carboxylic acids is 1. The number of benzene rings is 2. The molecule has 0 bridgehead atoms. The molecular weight excluding hydrogens is 332 g/mol. The number of aromatic nitrogens is 1. The highest BCUT2D eigenvalue weighted by Crippen LogP contribution is 2.30. The molecule has 0 radical (unpaired) electrons. The van der Waals surface area contributed by atoms with Crippen LogP contribution in [0.15, 0.2) is 59.6 Å². The van der Waals surface area contributed by atoms with E-state index in [0.717, 1.165) is 19.2 Å². The van der Waals surface area contributed by atoms with E-state index >= 15 is 0 Å². The normalized spacial score (nSPS) is 10.4. The molecule has 25 heavy (non-hydrogen) atoms. The second-order valence-electron chi connectivity index (χ2n) is 5.78. The number of carbonyl (C=O) groups is 1. The van der Waals surface area contributed by atoms with Crippen LogP contribution in [0, 0.1) is 6.92 Å². The van der Waals surface area contributed by atoms with E-state index in [2.05, 4.69) is 66.2 Å². The van der Waals surface area contributed by atoms with Crippen molar-refractivity contribution in [3.05, 3.63) is 65.9 Å². The fraction of sp³-hybridized carbons (Fsp3) is 0.250. The van der Waals surface area contributed by atoms with Crippen molar-refractivity contribution in [1.82, 2.24) is 4.57 Å². The Labute approximate surface area is 152 Å². The highest BCUT2D eigenvalue weighted by atomic mass is 32.2. The molecule has 0 amide bonds. The van der Waals surface area contributed by atoms with Crippen LogP contribution in [0.4, 0.5) is 0 Å². The fourth-order valence-corrected chi connectivity index (χ4v) is 3.39. The van der Waals surface area contributed by atoms with Crippen molar-refractivity contribution >= 4 is 28.6 Å². The summed E-state index contributed by atoms with van der Waals surface area (Å²) in [7, 11) is 0. The molecule has 2 aromatic carbocycles. The van der Waals surface area contributed by atoms with Crippen molar-refractivity contribution in [2.75, 3.05) is 12.3 Å². The molecule has 0 atom stereocenters. The highest BCUT2D eigenvalue weighted by molar-refractivity contribution is 7.99. The lowest BCUT2D eigenvalue weighted by Gasteiger charge is -2.05. The number of aryl methyl sites for hydroxylation is 1. The zero-order valence-electron chi connectivity index (χ0n) is 14.6. The predicted octanol–water partition coefficient (Wildman–Crippen LogP) is 4.14. The van der Waals surface area contributed by atoms with Gasteiger partial charge >= 0.3 is 0 Å². The third-order valence-corrected chi connectivity index (χ3v) is 4.68. The average Bonchev–Trinajstić information content (AvgIpc) is 2.93. The molecule has 3 aromatic rings. The van der Waals surface area contributed by atoms with Crippen LogP contribution in [0.25, 0.3) is 10.9 Å². The van der Waals surface area contributed by atoms with Crippen LogP contribution >= 0.6 is 11.8 Å². The predicted molar refractivity (Wildman–Crippen MR) is 105 cm³/mol. The molecule has 4 nitrogen and oxygen atoms in total. The molecule has 0 saturated carbocycles. The molecule has 0 saturated heterocycles. The van der Waals surface area contributed by atoms with Crippen molar-refractivity contribution in [2.45, 2.75) is 25.3 Å². The summed E-state index contributed by atoms with van der Waals surface area (Å²) in [4.78, 5) is 10.3. The first-order valence-corrected chi connectivity index (χ1v) is 9.15. The topological polar surface area (TPSA) is 68.2 Å². The molecule has 1 heterocycles.